The highest BCUT2D eigenvalue weighted by atomic mass is 79.9. The average Bonchev–Trinajstić information content (AvgIpc) is 2.71. The Morgan fingerprint density at radius 1 is 1.44 bits per heavy atom. The number of aromatic nitrogens is 3. The third-order valence-corrected chi connectivity index (χ3v) is 3.49. The van der Waals surface area contributed by atoms with Crippen molar-refractivity contribution in [3.05, 3.63) is 40.1 Å². The fraction of sp³-hybridized carbons (Fsp3) is 0.273. The zero-order valence-electron chi connectivity index (χ0n) is 8.98. The van der Waals surface area contributed by atoms with Gasteiger partial charge >= 0.3 is 0 Å². The summed E-state index contributed by atoms with van der Waals surface area (Å²) in [5, 5.41) is 7.98. The lowest BCUT2D eigenvalue weighted by molar-refractivity contribution is 0.792. The maximum Gasteiger partial charge on any atom is 0.101 e. The number of alkyl halides is 1. The van der Waals surface area contributed by atoms with Gasteiger partial charge in [-0.05, 0) is 31.5 Å². The molecule has 0 N–H and O–H groups in total. The van der Waals surface area contributed by atoms with E-state index in [1.165, 1.54) is 0 Å². The van der Waals surface area contributed by atoms with Crippen molar-refractivity contribution in [3.8, 4) is 5.69 Å². The molecule has 0 saturated carbocycles. The summed E-state index contributed by atoms with van der Waals surface area (Å²) < 4.78 is 2.80. The molecule has 1 aromatic heterocycles. The lowest BCUT2D eigenvalue weighted by Gasteiger charge is -2.05. The summed E-state index contributed by atoms with van der Waals surface area (Å²) in [4.78, 5) is 0. The van der Waals surface area contributed by atoms with Crippen LogP contribution in [0.1, 0.15) is 23.6 Å². The molecule has 1 unspecified atom stereocenters. The molecule has 3 nitrogen and oxygen atoms in total. The minimum absolute atomic E-state index is 0.124. The number of hydrogen-bond donors (Lipinski definition) is 0. The van der Waals surface area contributed by atoms with E-state index in [2.05, 4.69) is 26.2 Å². The van der Waals surface area contributed by atoms with Crippen LogP contribution in [0.2, 0.25) is 0 Å². The van der Waals surface area contributed by atoms with Crippen molar-refractivity contribution in [2.45, 2.75) is 19.2 Å². The Hall–Kier alpha value is -0.870. The van der Waals surface area contributed by atoms with E-state index >= 15 is 0 Å². The molecule has 2 rings (SSSR count). The zero-order chi connectivity index (χ0) is 11.7. The maximum absolute atomic E-state index is 5.95. The van der Waals surface area contributed by atoms with Gasteiger partial charge in [0.1, 0.15) is 5.69 Å². The summed E-state index contributed by atoms with van der Waals surface area (Å²) in [7, 11) is 0. The molecule has 0 fully saturated rings. The van der Waals surface area contributed by atoms with E-state index in [9.17, 15) is 0 Å². The summed E-state index contributed by atoms with van der Waals surface area (Å²) >= 11 is 9.44. The molecule has 0 spiro atoms. The Morgan fingerprint density at radius 3 is 2.81 bits per heavy atom. The van der Waals surface area contributed by atoms with Gasteiger partial charge in [-0.2, -0.15) is 0 Å². The molecule has 16 heavy (non-hydrogen) atoms. The van der Waals surface area contributed by atoms with Crippen LogP contribution < -0.4 is 0 Å². The van der Waals surface area contributed by atoms with Crippen LogP contribution in [0.4, 0.5) is 0 Å². The van der Waals surface area contributed by atoms with Crippen molar-refractivity contribution in [2.24, 2.45) is 0 Å². The van der Waals surface area contributed by atoms with Gasteiger partial charge in [-0.1, -0.05) is 27.2 Å². The van der Waals surface area contributed by atoms with Crippen molar-refractivity contribution in [3.63, 3.8) is 0 Å². The second-order valence-electron chi connectivity index (χ2n) is 3.59. The quantitative estimate of drug-likeness (QED) is 0.793. The second-order valence-corrected chi connectivity index (χ2v) is 5.10. The second kappa shape index (κ2) is 4.55. The highest BCUT2D eigenvalue weighted by molar-refractivity contribution is 9.10. The van der Waals surface area contributed by atoms with Crippen molar-refractivity contribution in [2.75, 3.05) is 0 Å². The number of hydrogen-bond acceptors (Lipinski definition) is 2. The highest BCUT2D eigenvalue weighted by Gasteiger charge is 2.10. The predicted molar refractivity (Wildman–Crippen MR) is 68.1 cm³/mol. The molecular formula is C11H11BrClN3. The first-order valence-electron chi connectivity index (χ1n) is 4.91. The Kier molecular flexibility index (Phi) is 3.30. The molecule has 1 atom stereocenters. The third-order valence-electron chi connectivity index (χ3n) is 2.40. The van der Waals surface area contributed by atoms with E-state index in [-0.39, 0.29) is 5.38 Å². The summed E-state index contributed by atoms with van der Waals surface area (Å²) in [6.07, 6.45) is 1.85. The van der Waals surface area contributed by atoms with Crippen LogP contribution in [-0.2, 0) is 0 Å². The summed E-state index contributed by atoms with van der Waals surface area (Å²) in [5.74, 6) is 0. The van der Waals surface area contributed by atoms with E-state index in [4.69, 9.17) is 11.6 Å². The molecular weight excluding hydrogens is 289 g/mol. The fourth-order valence-electron chi connectivity index (χ4n) is 1.42. The van der Waals surface area contributed by atoms with Gasteiger partial charge in [-0.25, -0.2) is 4.68 Å². The van der Waals surface area contributed by atoms with E-state index in [1.807, 2.05) is 38.2 Å². The number of benzene rings is 1. The minimum atomic E-state index is -0.124. The van der Waals surface area contributed by atoms with Crippen molar-refractivity contribution < 1.29 is 0 Å². The Morgan fingerprint density at radius 2 is 2.19 bits per heavy atom. The first-order chi connectivity index (χ1) is 7.59. The number of halogens is 2. The minimum Gasteiger partial charge on any atom is -0.220 e. The highest BCUT2D eigenvalue weighted by Crippen LogP contribution is 2.23. The largest absolute Gasteiger partial charge is 0.220 e. The molecule has 0 bridgehead atoms. The molecule has 1 heterocycles. The van der Waals surface area contributed by atoms with Crippen LogP contribution in [0.25, 0.3) is 5.69 Å². The van der Waals surface area contributed by atoms with Crippen molar-refractivity contribution >= 4 is 27.5 Å². The maximum atomic E-state index is 5.95. The number of rotatable bonds is 2. The van der Waals surface area contributed by atoms with E-state index < -0.39 is 0 Å². The molecule has 0 aliphatic rings. The van der Waals surface area contributed by atoms with Gasteiger partial charge in [0.05, 0.1) is 17.3 Å². The van der Waals surface area contributed by atoms with Crippen LogP contribution in [0, 0.1) is 6.92 Å². The molecule has 0 aliphatic heterocycles. The molecule has 0 aliphatic carbocycles. The van der Waals surface area contributed by atoms with Crippen molar-refractivity contribution in [1.29, 1.82) is 0 Å². The molecule has 2 aromatic rings. The first kappa shape index (κ1) is 11.6. The topological polar surface area (TPSA) is 30.7 Å². The molecule has 1 aromatic carbocycles. The van der Waals surface area contributed by atoms with Gasteiger partial charge in [0.2, 0.25) is 0 Å². The zero-order valence-corrected chi connectivity index (χ0v) is 11.3. The molecule has 84 valence electrons. The smallest absolute Gasteiger partial charge is 0.101 e. The average molecular weight is 301 g/mol. The monoisotopic (exact) mass is 299 g/mol. The SMILES string of the molecule is Cc1c(Br)cccc1-n1cc(C(C)Cl)nn1. The van der Waals surface area contributed by atoms with Crippen LogP contribution >= 0.6 is 27.5 Å². The predicted octanol–water partition coefficient (Wildman–Crippen LogP) is 3.64. The fourth-order valence-corrected chi connectivity index (χ4v) is 1.88. The Labute approximate surface area is 108 Å². The first-order valence-corrected chi connectivity index (χ1v) is 6.14. The lowest BCUT2D eigenvalue weighted by Crippen LogP contribution is -1.98. The van der Waals surface area contributed by atoms with E-state index in [1.54, 1.807) is 4.68 Å². The molecule has 0 saturated heterocycles. The summed E-state index contributed by atoms with van der Waals surface area (Å²) in [6.45, 7) is 3.91. The molecule has 0 radical (unpaired) electrons. The van der Waals surface area contributed by atoms with Crippen LogP contribution in [-0.4, -0.2) is 15.0 Å². The summed E-state index contributed by atoms with van der Waals surface area (Å²) in [6, 6.07) is 5.97. The van der Waals surface area contributed by atoms with Crippen molar-refractivity contribution in [1.82, 2.24) is 15.0 Å². The van der Waals surface area contributed by atoms with Gasteiger partial charge in [-0.15, -0.1) is 16.7 Å². The van der Waals surface area contributed by atoms with Gasteiger partial charge in [-0.3, -0.25) is 0 Å². The Balaban J connectivity index is 2.47. The lowest BCUT2D eigenvalue weighted by atomic mass is 10.2. The third kappa shape index (κ3) is 2.13. The van der Waals surface area contributed by atoms with Gasteiger partial charge in [0.25, 0.3) is 0 Å². The normalized spacial score (nSPS) is 12.8. The van der Waals surface area contributed by atoms with E-state index in [0.717, 1.165) is 21.4 Å². The standard InChI is InChI=1S/C11H11BrClN3/c1-7-9(12)4-3-5-11(7)16-6-10(8(2)13)14-15-16/h3-6,8H,1-2H3. The molecule has 0 amide bonds. The molecule has 5 heteroatoms. The van der Waals surface area contributed by atoms with Gasteiger partial charge < -0.3 is 0 Å². The van der Waals surface area contributed by atoms with Crippen LogP contribution in [0.5, 0.6) is 0 Å². The van der Waals surface area contributed by atoms with E-state index in [0.29, 0.717) is 0 Å². The van der Waals surface area contributed by atoms with Crippen LogP contribution in [0.15, 0.2) is 28.9 Å². The Bertz CT molecular complexity index is 508. The van der Waals surface area contributed by atoms with Gasteiger partial charge in [0, 0.05) is 4.47 Å². The summed E-state index contributed by atoms with van der Waals surface area (Å²) in [5.41, 5.74) is 2.91. The number of nitrogens with zero attached hydrogens (tertiary/aromatic N) is 3. The van der Waals surface area contributed by atoms with Gasteiger partial charge in [0.15, 0.2) is 0 Å². The van der Waals surface area contributed by atoms with Crippen LogP contribution in [0.3, 0.4) is 0 Å².